The lowest BCUT2D eigenvalue weighted by molar-refractivity contribution is -0.142. The summed E-state index contributed by atoms with van der Waals surface area (Å²) < 4.78 is 287. The molecule has 8 saturated carbocycles. The van der Waals surface area contributed by atoms with E-state index in [1.807, 2.05) is 0 Å². The van der Waals surface area contributed by atoms with Gasteiger partial charge in [0, 0.05) is 142 Å². The normalized spacial score (nSPS) is 21.8. The number of hydrogen-bond donors (Lipinski definition) is 8. The van der Waals surface area contributed by atoms with Crippen LogP contribution in [0.15, 0.2) is 30.3 Å². The second-order valence-electron chi connectivity index (χ2n) is 36.8. The molecule has 9 N–H and O–H groups in total. The van der Waals surface area contributed by atoms with Crippen molar-refractivity contribution in [2.24, 2.45) is 41.2 Å². The number of carbonyl (C=O) groups excluding carboxylic acids is 6. The first-order valence-corrected chi connectivity index (χ1v) is 55.5. The van der Waals surface area contributed by atoms with Crippen molar-refractivity contribution in [3.8, 4) is 11.3 Å². The highest BCUT2D eigenvalue weighted by Crippen LogP contribution is 2.43. The molecule has 1 aromatic heterocycles. The van der Waals surface area contributed by atoms with E-state index >= 15 is 0 Å². The van der Waals surface area contributed by atoms with Crippen LogP contribution >= 0.6 is 10.7 Å². The Morgan fingerprint density at radius 2 is 0.878 bits per heavy atom. The molecule has 2 amide bonds. The number of carbonyl (C=O) groups is 7. The maximum absolute atomic E-state index is 14.0. The number of ketones is 2. The lowest BCUT2D eigenvalue weighted by Crippen LogP contribution is -2.51. The number of piperidine rings is 1. The molecule has 2 aromatic rings. The zero-order valence-electron chi connectivity index (χ0n) is 75.0. The Morgan fingerprint density at radius 3 is 1.26 bits per heavy atom. The number of aromatic nitrogens is 2. The molecule has 1 aliphatic heterocycles. The lowest BCUT2D eigenvalue weighted by Gasteiger charge is -2.33. The summed E-state index contributed by atoms with van der Waals surface area (Å²) >= 11 is 0. The molecule has 0 bridgehead atoms. The van der Waals surface area contributed by atoms with Crippen molar-refractivity contribution in [2.45, 2.75) is 325 Å². The fourth-order valence-electron chi connectivity index (χ4n) is 16.3. The molecule has 9 aliphatic rings. The summed E-state index contributed by atoms with van der Waals surface area (Å²) in [6.45, 7) is 5.96. The smallest absolute Gasteiger partial charge is 0.417 e. The molecule has 48 heteroatoms. The number of esters is 2. The van der Waals surface area contributed by atoms with Crippen molar-refractivity contribution in [3.05, 3.63) is 41.6 Å². The van der Waals surface area contributed by atoms with Gasteiger partial charge in [0.15, 0.2) is 5.69 Å². The topological polar surface area (TPSA) is 482 Å². The second kappa shape index (κ2) is 51.1. The molecule has 9 fully saturated rings. The highest BCUT2D eigenvalue weighted by Gasteiger charge is 2.44. The number of nitrogens with zero attached hydrogens (tertiary/aromatic N) is 3. The largest absolute Gasteiger partial charge is 0.481 e. The van der Waals surface area contributed by atoms with Gasteiger partial charge < -0.3 is 30.5 Å². The number of methoxy groups -OCH3 is 2. The molecular weight excluding hydrogens is 1890 g/mol. The van der Waals surface area contributed by atoms with Crippen LogP contribution in [0.25, 0.3) is 11.3 Å². The van der Waals surface area contributed by atoms with Gasteiger partial charge in [-0.05, 0) is 145 Å². The fourth-order valence-corrected chi connectivity index (χ4v) is 26.0. The minimum absolute atomic E-state index is 0.0153. The van der Waals surface area contributed by atoms with E-state index < -0.39 is 161 Å². The van der Waals surface area contributed by atoms with E-state index in [1.165, 1.54) is 43.2 Å². The molecular formula is C83H132ClF9N10O22S6. The molecule has 131 heavy (non-hydrogen) atoms. The Hall–Kier alpha value is -5.76. The number of carboxylic acid groups (broad SMARTS) is 1. The molecule has 2 unspecified atom stereocenters. The van der Waals surface area contributed by atoms with Gasteiger partial charge in [0.25, 0.3) is 11.8 Å². The van der Waals surface area contributed by atoms with Gasteiger partial charge in [0.2, 0.25) is 76.9 Å². The molecule has 8 aliphatic carbocycles. The summed E-state index contributed by atoms with van der Waals surface area (Å²) in [5.41, 5.74) is 4.56. The average Bonchev–Trinajstić information content (AvgIpc) is 1.63. The van der Waals surface area contributed by atoms with Gasteiger partial charge in [0.05, 0.1) is 78.6 Å². The van der Waals surface area contributed by atoms with E-state index in [1.54, 1.807) is 27.7 Å². The number of amides is 2. The van der Waals surface area contributed by atoms with Gasteiger partial charge >= 0.3 is 24.1 Å². The number of alkyl halides is 9. The fraction of sp³-hybridized carbons (Fsp3) is 0.807. The Labute approximate surface area is 768 Å². The third kappa shape index (κ3) is 43.2. The highest BCUT2D eigenvalue weighted by atomic mass is 35.7. The lowest BCUT2D eigenvalue weighted by atomic mass is 9.81. The molecule has 0 radical (unpaired) electrons. The number of Topliss-reactive ketones (excluding diaryl/α,β-unsaturated/α-hetero) is 2. The first-order valence-electron chi connectivity index (χ1n) is 44.8. The van der Waals surface area contributed by atoms with Crippen molar-refractivity contribution in [2.75, 3.05) is 61.8 Å². The number of nitrogens with two attached hydrogens (primary N) is 1. The maximum Gasteiger partial charge on any atom is 0.417 e. The number of carboxylic acids is 1. The third-order valence-corrected chi connectivity index (χ3v) is 33.5. The molecule has 8 atom stereocenters. The Morgan fingerprint density at radius 1 is 0.496 bits per heavy atom. The molecule has 11 rings (SSSR count). The number of nitrogens with one attached hydrogen (secondary N) is 6. The van der Waals surface area contributed by atoms with Crippen molar-refractivity contribution >= 4 is 111 Å². The number of hydrogen-bond acceptors (Lipinski definition) is 23. The minimum Gasteiger partial charge on any atom is -0.481 e. The van der Waals surface area contributed by atoms with Crippen LogP contribution in [0.4, 0.5) is 39.5 Å². The van der Waals surface area contributed by atoms with Crippen LogP contribution in [0, 0.1) is 35.5 Å². The van der Waals surface area contributed by atoms with Gasteiger partial charge in [-0.1, -0.05) is 90.8 Å². The number of rotatable bonds is 40. The van der Waals surface area contributed by atoms with E-state index in [4.69, 9.17) is 21.5 Å². The second-order valence-corrected chi connectivity index (χ2v) is 48.6. The zero-order valence-corrected chi connectivity index (χ0v) is 80.7. The molecule has 1 aromatic carbocycles. The van der Waals surface area contributed by atoms with E-state index in [0.717, 1.165) is 107 Å². The first-order chi connectivity index (χ1) is 60.7. The van der Waals surface area contributed by atoms with Gasteiger partial charge in [-0.3, -0.25) is 38.2 Å². The molecule has 0 spiro atoms. The van der Waals surface area contributed by atoms with Crippen molar-refractivity contribution in [1.29, 1.82) is 0 Å². The number of likely N-dealkylation sites (tertiary alicyclic amines) is 1. The summed E-state index contributed by atoms with van der Waals surface area (Å²) in [5, 5.41) is 15.4. The summed E-state index contributed by atoms with van der Waals surface area (Å²) in [5.74, 6) is -16.5. The van der Waals surface area contributed by atoms with Gasteiger partial charge in [0.1, 0.15) is 11.6 Å². The van der Waals surface area contributed by atoms with Gasteiger partial charge in [-0.25, -0.2) is 100 Å². The number of ether oxygens (including phenoxy) is 2. The highest BCUT2D eigenvalue weighted by molar-refractivity contribution is 8.13. The number of benzene rings is 1. The van der Waals surface area contributed by atoms with Gasteiger partial charge in [-0.15, -0.1) is 0 Å². The molecule has 32 nitrogen and oxygen atoms in total. The summed E-state index contributed by atoms with van der Waals surface area (Å²) in [6.07, 6.45) is 11.4. The van der Waals surface area contributed by atoms with Crippen LogP contribution in [0.2, 0.25) is 0 Å². The standard InChI is InChI=1S/C29H36F5N5O4S.C15H25F2NO3S.C14H24F2N2O3S.C10H19NO4S.C9H17NO4S.C6H11ClO4S/c30-28(31)13-6-14-38(18-28)26(40)15-20(17-44(42,43)37-19-7-5-8-19)35-27(41)24-16-25(39(36-24)21-9-1-2-10-21)22-11-3-4-12-23(22)29(32,33)34;1-11(10-22(20,21)18-13-5-2-6-13)8-14(19)12-4-3-7-15(16,17)9-12;15-14(16)6-2-3-10(8-14)13(19)7-11(17)9-22(20,21)18-12-4-1-5-12;1-8(6-10(12)15-2)7-16(13,14)11-9-4-3-5-9;1-7(5-9(11)12)6-15(13,14)10-8-3-2-4-8;1-5(3-6(8)11-2)4-12(7,9)10/h3-4,11-12,16,19-21,37H,1-2,5-10,13-15,17-18H2,(H,35,41);11-13,18H,2-10H2,1H3;10-12,18H,1-9,17H2;8-9,11H,3-7H2,1-2H3;7-8,10H,2-6H2,1H3,(H,11,12);5H,3-4H2,1-2H3/t20-;11-,12?;10?,11-;8-;7-;5-/m000000/s1. The average molecular weight is 2020 g/mol. The van der Waals surface area contributed by atoms with Crippen LogP contribution < -0.4 is 34.7 Å². The van der Waals surface area contributed by atoms with Crippen molar-refractivity contribution < 1.29 is 138 Å². The van der Waals surface area contributed by atoms with E-state index in [2.05, 4.69) is 43.5 Å². The maximum atomic E-state index is 14.0. The van der Waals surface area contributed by atoms with Crippen molar-refractivity contribution in [1.82, 2.24) is 43.6 Å². The molecule has 1 saturated heterocycles. The Kier molecular flexibility index (Phi) is 44.4. The Bertz CT molecular complexity index is 4720. The quantitative estimate of drug-likeness (QED) is 0.0174. The van der Waals surface area contributed by atoms with Crippen LogP contribution in [0.1, 0.15) is 275 Å². The van der Waals surface area contributed by atoms with Crippen LogP contribution in [0.5, 0.6) is 0 Å². The number of halogens is 10. The Balaban J connectivity index is 0.000000259. The SMILES string of the molecule is COC(=O)C[C@H](C)CS(=O)(=O)Cl.COC(=O)C[C@H](C)CS(=O)(=O)NC1CCC1.C[C@@H](CC(=O)C1CCCC(F)(F)C1)CS(=O)(=O)NC1CCC1.C[C@@H](CC(=O)O)CS(=O)(=O)NC1CCC1.N[C@@H](CC(=O)C1CCCC(F)(F)C1)CS(=O)(=O)NC1CCC1.O=C(N[C@@H](CC(=O)N1CCCC(F)(F)C1)CS(=O)(=O)NC1CCC1)c1cc(-c2ccccc2C(F)(F)F)n(C2CCCC2)n1. The van der Waals surface area contributed by atoms with E-state index in [0.29, 0.717) is 51.4 Å². The first kappa shape index (κ1) is 114. The van der Waals surface area contributed by atoms with Crippen LogP contribution in [-0.4, -0.2) is 233 Å². The number of aliphatic carboxylic acids is 1. The zero-order chi connectivity index (χ0) is 97.9. The summed E-state index contributed by atoms with van der Waals surface area (Å²) in [4.78, 5) is 83.7. The molecule has 2 heterocycles. The van der Waals surface area contributed by atoms with E-state index in [-0.39, 0.29) is 194 Å². The van der Waals surface area contributed by atoms with Crippen LogP contribution in [-0.2, 0) is 104 Å². The molecule has 752 valence electrons. The predicted octanol–water partition coefficient (Wildman–Crippen LogP) is 11.3. The monoisotopic (exact) mass is 2020 g/mol. The number of sulfonamides is 5. The summed E-state index contributed by atoms with van der Waals surface area (Å²) in [7, 11) is -13.4. The third-order valence-electron chi connectivity index (χ3n) is 24.0. The summed E-state index contributed by atoms with van der Waals surface area (Å²) in [6, 6.07) is 3.78. The minimum atomic E-state index is -4.66. The van der Waals surface area contributed by atoms with Crippen molar-refractivity contribution in [3.63, 3.8) is 0 Å². The van der Waals surface area contributed by atoms with E-state index in [9.17, 15) is 124 Å². The van der Waals surface area contributed by atoms with Crippen LogP contribution in [0.3, 0.4) is 0 Å². The predicted molar refractivity (Wildman–Crippen MR) is 472 cm³/mol. The van der Waals surface area contributed by atoms with Gasteiger partial charge in [-0.2, -0.15) is 18.3 Å².